The van der Waals surface area contributed by atoms with Crippen molar-refractivity contribution in [1.29, 1.82) is 0 Å². The Labute approximate surface area is 318 Å². The van der Waals surface area contributed by atoms with Gasteiger partial charge in [0.2, 0.25) is 0 Å². The maximum Gasteiger partial charge on any atom is 0.163 e. The molecular formula is C50H28N4S. The van der Waals surface area contributed by atoms with E-state index in [-0.39, 0.29) is 0 Å². The van der Waals surface area contributed by atoms with Crippen LogP contribution in [0.3, 0.4) is 0 Å². The Morgan fingerprint density at radius 3 is 1.96 bits per heavy atom. The molecule has 13 aromatic rings. The minimum atomic E-state index is 0.725. The van der Waals surface area contributed by atoms with Crippen LogP contribution in [0.5, 0.6) is 0 Å². The van der Waals surface area contributed by atoms with E-state index in [0.717, 1.165) is 32.9 Å². The molecule has 0 saturated heterocycles. The molecule has 13 rings (SSSR count). The Bertz CT molecular complexity index is 3720. The number of rotatable bonds is 3. The molecule has 5 heterocycles. The number of fused-ring (bicyclic) bond motifs is 14. The minimum Gasteiger partial charge on any atom is -0.308 e. The van der Waals surface area contributed by atoms with Crippen LogP contribution in [0.15, 0.2) is 170 Å². The molecule has 4 nitrogen and oxygen atoms in total. The molecule has 0 bridgehead atoms. The highest BCUT2D eigenvalue weighted by Gasteiger charge is 2.27. The van der Waals surface area contributed by atoms with Gasteiger partial charge in [0, 0.05) is 48.0 Å². The Kier molecular flexibility index (Phi) is 5.74. The second-order valence-corrected chi connectivity index (χ2v) is 15.6. The molecule has 0 saturated carbocycles. The Balaban J connectivity index is 1.26. The summed E-state index contributed by atoms with van der Waals surface area (Å²) in [7, 11) is 0. The second kappa shape index (κ2) is 10.8. The van der Waals surface area contributed by atoms with E-state index in [2.05, 4.69) is 179 Å². The third kappa shape index (κ3) is 3.94. The van der Waals surface area contributed by atoms with E-state index in [4.69, 9.17) is 9.97 Å². The molecule has 0 amide bonds. The second-order valence-electron chi connectivity index (χ2n) is 14.6. The molecule has 0 aliphatic heterocycles. The maximum atomic E-state index is 5.65. The van der Waals surface area contributed by atoms with Gasteiger partial charge in [-0.2, -0.15) is 0 Å². The Hall–Kier alpha value is -7.08. The van der Waals surface area contributed by atoms with Gasteiger partial charge in [-0.15, -0.1) is 11.3 Å². The zero-order valence-corrected chi connectivity index (χ0v) is 30.2. The lowest BCUT2D eigenvalue weighted by Crippen LogP contribution is -2.02. The molecule has 0 spiro atoms. The van der Waals surface area contributed by atoms with Crippen molar-refractivity contribution in [2.24, 2.45) is 0 Å². The van der Waals surface area contributed by atoms with Gasteiger partial charge in [-0.1, -0.05) is 127 Å². The SMILES string of the molecule is c1ccc(-c2ccc3c(c2)c2cc4c5ccccc5n5c6ccccc6c(c2n3-c2nc(-c3ccc6ccccc6c3)nc3sc6ccccc6c23)c45)cc1. The number of benzene rings is 8. The van der Waals surface area contributed by atoms with Gasteiger partial charge in [0.25, 0.3) is 0 Å². The van der Waals surface area contributed by atoms with E-state index >= 15 is 0 Å². The molecule has 0 N–H and O–H groups in total. The van der Waals surface area contributed by atoms with Crippen molar-refractivity contribution in [2.75, 3.05) is 0 Å². The van der Waals surface area contributed by atoms with E-state index in [1.807, 2.05) is 0 Å². The maximum absolute atomic E-state index is 5.65. The zero-order chi connectivity index (χ0) is 35.8. The van der Waals surface area contributed by atoms with Crippen LogP contribution in [0.1, 0.15) is 0 Å². The Morgan fingerprint density at radius 1 is 0.400 bits per heavy atom. The van der Waals surface area contributed by atoms with E-state index in [1.54, 1.807) is 11.3 Å². The van der Waals surface area contributed by atoms with E-state index in [0.29, 0.717) is 0 Å². The fourth-order valence-electron chi connectivity index (χ4n) is 9.26. The number of thiophene rings is 1. The lowest BCUT2D eigenvalue weighted by Gasteiger charge is -2.13. The molecule has 0 radical (unpaired) electrons. The molecule has 0 fully saturated rings. The van der Waals surface area contributed by atoms with Crippen molar-refractivity contribution >= 4 is 102 Å². The zero-order valence-electron chi connectivity index (χ0n) is 29.4. The first-order valence-electron chi connectivity index (χ1n) is 18.7. The highest BCUT2D eigenvalue weighted by atomic mass is 32.1. The van der Waals surface area contributed by atoms with Gasteiger partial charge >= 0.3 is 0 Å². The normalized spacial score (nSPS) is 12.4. The van der Waals surface area contributed by atoms with Gasteiger partial charge in [-0.05, 0) is 64.4 Å². The molecule has 0 unspecified atom stereocenters. The largest absolute Gasteiger partial charge is 0.308 e. The van der Waals surface area contributed by atoms with Crippen LogP contribution in [-0.4, -0.2) is 18.9 Å². The fraction of sp³-hybridized carbons (Fsp3) is 0. The first kappa shape index (κ1) is 29.4. The Morgan fingerprint density at radius 2 is 1.09 bits per heavy atom. The van der Waals surface area contributed by atoms with Crippen molar-refractivity contribution in [3.05, 3.63) is 170 Å². The summed E-state index contributed by atoms with van der Waals surface area (Å²) < 4.78 is 6.14. The molecule has 0 aliphatic carbocycles. The molecule has 0 aliphatic rings. The minimum absolute atomic E-state index is 0.725. The summed E-state index contributed by atoms with van der Waals surface area (Å²) in [6.45, 7) is 0. The van der Waals surface area contributed by atoms with Crippen LogP contribution < -0.4 is 0 Å². The summed E-state index contributed by atoms with van der Waals surface area (Å²) in [5.41, 5.74) is 9.37. The number of nitrogens with zero attached hydrogens (tertiary/aromatic N) is 4. The van der Waals surface area contributed by atoms with Gasteiger partial charge in [0.1, 0.15) is 4.83 Å². The van der Waals surface area contributed by atoms with Gasteiger partial charge in [0.15, 0.2) is 11.6 Å². The van der Waals surface area contributed by atoms with E-state index in [9.17, 15) is 0 Å². The monoisotopic (exact) mass is 716 g/mol. The number of para-hydroxylation sites is 2. The molecule has 55 heavy (non-hydrogen) atoms. The van der Waals surface area contributed by atoms with Gasteiger partial charge in [-0.25, -0.2) is 9.97 Å². The average Bonchev–Trinajstić information content (AvgIpc) is 3.98. The number of aromatic nitrogens is 4. The topological polar surface area (TPSA) is 35.1 Å². The fourth-order valence-corrected chi connectivity index (χ4v) is 10.3. The van der Waals surface area contributed by atoms with Crippen molar-refractivity contribution in [1.82, 2.24) is 18.9 Å². The number of hydrogen-bond donors (Lipinski definition) is 0. The van der Waals surface area contributed by atoms with E-state index < -0.39 is 0 Å². The van der Waals surface area contributed by atoms with Crippen LogP contribution in [0.25, 0.3) is 119 Å². The molecule has 5 heteroatoms. The smallest absolute Gasteiger partial charge is 0.163 e. The summed E-state index contributed by atoms with van der Waals surface area (Å²) >= 11 is 1.74. The van der Waals surface area contributed by atoms with Crippen molar-refractivity contribution < 1.29 is 0 Å². The quantitative estimate of drug-likeness (QED) is 0.182. The summed E-state index contributed by atoms with van der Waals surface area (Å²) in [4.78, 5) is 12.0. The lowest BCUT2D eigenvalue weighted by atomic mass is 10.0. The predicted octanol–water partition coefficient (Wildman–Crippen LogP) is 13.6. The standard InChI is InChI=1S/C50H28N4S/c1-2-12-29(13-3-1)32-24-25-42-37(27-32)39-28-38-34-16-6-9-19-40(34)53-41-20-10-7-17-35(41)44(46(38)53)47(39)54(42)49-45-36-18-8-11-21-43(36)55-50(45)52-48(51-49)33-23-22-30-14-4-5-15-31(30)26-33/h1-28H. The summed E-state index contributed by atoms with van der Waals surface area (Å²) in [6, 6.07) is 61.6. The third-order valence-electron chi connectivity index (χ3n) is 11.6. The van der Waals surface area contributed by atoms with E-state index in [1.165, 1.54) is 86.4 Å². The van der Waals surface area contributed by atoms with Crippen molar-refractivity contribution in [2.45, 2.75) is 0 Å². The van der Waals surface area contributed by atoms with Gasteiger partial charge < -0.3 is 4.40 Å². The summed E-state index contributed by atoms with van der Waals surface area (Å²) in [5.74, 6) is 1.63. The van der Waals surface area contributed by atoms with Crippen LogP contribution in [0.2, 0.25) is 0 Å². The molecule has 254 valence electrons. The number of hydrogen-bond acceptors (Lipinski definition) is 3. The van der Waals surface area contributed by atoms with Gasteiger partial charge in [-0.3, -0.25) is 4.57 Å². The van der Waals surface area contributed by atoms with Crippen LogP contribution >= 0.6 is 11.3 Å². The first-order chi connectivity index (χ1) is 27.3. The van der Waals surface area contributed by atoms with Gasteiger partial charge in [0.05, 0.1) is 33.0 Å². The highest BCUT2D eigenvalue weighted by molar-refractivity contribution is 7.25. The molecule has 5 aromatic heterocycles. The first-order valence-corrected chi connectivity index (χ1v) is 19.5. The van der Waals surface area contributed by atoms with Crippen LogP contribution in [0.4, 0.5) is 0 Å². The van der Waals surface area contributed by atoms with Crippen LogP contribution in [0, 0.1) is 0 Å². The molecular weight excluding hydrogens is 689 g/mol. The highest BCUT2D eigenvalue weighted by Crippen LogP contribution is 2.48. The van der Waals surface area contributed by atoms with Crippen molar-refractivity contribution in [3.8, 4) is 28.3 Å². The average molecular weight is 717 g/mol. The molecule has 8 aromatic carbocycles. The molecule has 0 atom stereocenters. The summed E-state index contributed by atoms with van der Waals surface area (Å²) in [6.07, 6.45) is 0. The lowest BCUT2D eigenvalue weighted by molar-refractivity contribution is 1.08. The predicted molar refractivity (Wildman–Crippen MR) is 232 cm³/mol. The third-order valence-corrected chi connectivity index (χ3v) is 12.7. The van der Waals surface area contributed by atoms with Crippen molar-refractivity contribution in [3.63, 3.8) is 0 Å². The van der Waals surface area contributed by atoms with Crippen LogP contribution in [-0.2, 0) is 0 Å². The summed E-state index contributed by atoms with van der Waals surface area (Å²) in [5, 5.41) is 12.1.